The molecule has 92 valence electrons. The van der Waals surface area contributed by atoms with E-state index in [1.54, 1.807) is 6.92 Å². The predicted molar refractivity (Wildman–Crippen MR) is 64.7 cm³/mol. The van der Waals surface area contributed by atoms with Crippen molar-refractivity contribution in [3.8, 4) is 0 Å². The zero-order chi connectivity index (χ0) is 12.3. The van der Waals surface area contributed by atoms with Crippen LogP contribution in [0.3, 0.4) is 0 Å². The summed E-state index contributed by atoms with van der Waals surface area (Å²) in [4.78, 5) is 4.18. The van der Waals surface area contributed by atoms with Crippen molar-refractivity contribution in [1.29, 1.82) is 0 Å². The summed E-state index contributed by atoms with van der Waals surface area (Å²) < 4.78 is 7.01. The first-order valence-corrected chi connectivity index (χ1v) is 5.87. The Bertz CT molecular complexity index is 474. The maximum absolute atomic E-state index is 4.94. The molecule has 0 radical (unpaired) electrons. The second-order valence-corrected chi connectivity index (χ2v) is 4.13. The van der Waals surface area contributed by atoms with Crippen LogP contribution in [0.2, 0.25) is 0 Å². The van der Waals surface area contributed by atoms with Crippen molar-refractivity contribution in [2.75, 3.05) is 6.54 Å². The summed E-state index contributed by atoms with van der Waals surface area (Å²) >= 11 is 0. The van der Waals surface area contributed by atoms with Gasteiger partial charge in [-0.25, -0.2) is 0 Å². The molecule has 17 heavy (non-hydrogen) atoms. The van der Waals surface area contributed by atoms with E-state index in [1.165, 1.54) is 5.56 Å². The Hall–Kier alpha value is -1.62. The lowest BCUT2D eigenvalue weighted by atomic mass is 10.2. The summed E-state index contributed by atoms with van der Waals surface area (Å²) in [6.07, 6.45) is 4.15. The van der Waals surface area contributed by atoms with E-state index >= 15 is 0 Å². The number of nitrogens with one attached hydrogen (secondary N) is 1. The molecule has 2 heterocycles. The number of aromatic nitrogens is 3. The first-order valence-electron chi connectivity index (χ1n) is 5.87. The van der Waals surface area contributed by atoms with Crippen LogP contribution in [0.5, 0.6) is 0 Å². The van der Waals surface area contributed by atoms with Gasteiger partial charge in [0.25, 0.3) is 0 Å². The maximum atomic E-state index is 4.94. The average Bonchev–Trinajstić information content (AvgIpc) is 2.89. The molecule has 0 bridgehead atoms. The zero-order valence-electron chi connectivity index (χ0n) is 10.5. The molecule has 0 aliphatic rings. The summed E-state index contributed by atoms with van der Waals surface area (Å²) in [5.41, 5.74) is 1.27. The number of hydrogen-bond acceptors (Lipinski definition) is 4. The summed E-state index contributed by atoms with van der Waals surface area (Å²) in [5, 5.41) is 7.26. The highest BCUT2D eigenvalue weighted by Gasteiger charge is 2.07. The molecule has 0 spiro atoms. The molecule has 2 aromatic rings. The summed E-state index contributed by atoms with van der Waals surface area (Å²) in [6.45, 7) is 7.68. The van der Waals surface area contributed by atoms with Gasteiger partial charge in [0.05, 0.1) is 6.54 Å². The highest BCUT2D eigenvalue weighted by atomic mass is 16.5. The van der Waals surface area contributed by atoms with Gasteiger partial charge in [0.15, 0.2) is 5.82 Å². The normalized spacial score (nSPS) is 12.9. The van der Waals surface area contributed by atoms with Crippen LogP contribution in [-0.2, 0) is 6.54 Å². The second kappa shape index (κ2) is 5.14. The Morgan fingerprint density at radius 2 is 2.35 bits per heavy atom. The summed E-state index contributed by atoms with van der Waals surface area (Å²) in [7, 11) is 0. The molecule has 5 heteroatoms. The number of rotatable bonds is 5. The van der Waals surface area contributed by atoms with E-state index in [4.69, 9.17) is 4.52 Å². The van der Waals surface area contributed by atoms with Gasteiger partial charge < -0.3 is 14.4 Å². The summed E-state index contributed by atoms with van der Waals surface area (Å²) in [6, 6.07) is 2.48. The maximum Gasteiger partial charge on any atom is 0.223 e. The summed E-state index contributed by atoms with van der Waals surface area (Å²) in [5.74, 6) is 1.31. The molecule has 1 N–H and O–H groups in total. The van der Waals surface area contributed by atoms with Gasteiger partial charge in [0.2, 0.25) is 5.89 Å². The van der Waals surface area contributed by atoms with E-state index in [2.05, 4.69) is 46.1 Å². The molecular weight excluding hydrogens is 216 g/mol. The van der Waals surface area contributed by atoms with E-state index in [0.717, 1.165) is 6.54 Å². The van der Waals surface area contributed by atoms with Crippen LogP contribution in [0, 0.1) is 6.92 Å². The molecular formula is C12H18N4O. The quantitative estimate of drug-likeness (QED) is 0.858. The van der Waals surface area contributed by atoms with Crippen molar-refractivity contribution in [2.45, 2.75) is 33.4 Å². The standard InChI is InChI=1S/C12H18N4O/c1-4-13-9(2)11-5-6-16(7-11)8-12-14-10(3)17-15-12/h5-7,9,13H,4,8H2,1-3H3. The van der Waals surface area contributed by atoms with E-state index < -0.39 is 0 Å². The second-order valence-electron chi connectivity index (χ2n) is 4.13. The fourth-order valence-electron chi connectivity index (χ4n) is 1.81. The highest BCUT2D eigenvalue weighted by Crippen LogP contribution is 2.13. The van der Waals surface area contributed by atoms with Crippen LogP contribution >= 0.6 is 0 Å². The lowest BCUT2D eigenvalue weighted by Gasteiger charge is -2.09. The first-order chi connectivity index (χ1) is 8.19. The zero-order valence-corrected chi connectivity index (χ0v) is 10.5. The third-order valence-corrected chi connectivity index (χ3v) is 2.68. The molecule has 0 aliphatic heterocycles. The van der Waals surface area contributed by atoms with Crippen LogP contribution in [0.4, 0.5) is 0 Å². The van der Waals surface area contributed by atoms with Crippen LogP contribution in [0.1, 0.15) is 37.2 Å². The average molecular weight is 234 g/mol. The lowest BCUT2D eigenvalue weighted by Crippen LogP contribution is -2.17. The van der Waals surface area contributed by atoms with Gasteiger partial charge in [-0.3, -0.25) is 0 Å². The molecule has 0 saturated carbocycles. The number of aryl methyl sites for hydroxylation is 1. The van der Waals surface area contributed by atoms with Crippen LogP contribution < -0.4 is 5.32 Å². The van der Waals surface area contributed by atoms with E-state index in [9.17, 15) is 0 Å². The minimum atomic E-state index is 0.369. The number of hydrogen-bond donors (Lipinski definition) is 1. The van der Waals surface area contributed by atoms with Crippen molar-refractivity contribution in [3.63, 3.8) is 0 Å². The van der Waals surface area contributed by atoms with Gasteiger partial charge >= 0.3 is 0 Å². The monoisotopic (exact) mass is 234 g/mol. The molecule has 5 nitrogen and oxygen atoms in total. The van der Waals surface area contributed by atoms with Crippen LogP contribution in [0.25, 0.3) is 0 Å². The van der Waals surface area contributed by atoms with Crippen molar-refractivity contribution >= 4 is 0 Å². The Balaban J connectivity index is 2.03. The molecule has 1 unspecified atom stereocenters. The minimum absolute atomic E-state index is 0.369. The van der Waals surface area contributed by atoms with Crippen molar-refractivity contribution in [3.05, 3.63) is 35.7 Å². The Morgan fingerprint density at radius 1 is 1.53 bits per heavy atom. The van der Waals surface area contributed by atoms with Crippen molar-refractivity contribution < 1.29 is 4.52 Å². The Kier molecular flexibility index (Phi) is 3.58. The molecule has 2 rings (SSSR count). The first kappa shape index (κ1) is 11.9. The molecule has 0 aromatic carbocycles. The van der Waals surface area contributed by atoms with E-state index in [-0.39, 0.29) is 0 Å². The van der Waals surface area contributed by atoms with Gasteiger partial charge in [0, 0.05) is 25.4 Å². The predicted octanol–water partition coefficient (Wildman–Crippen LogP) is 1.90. The topological polar surface area (TPSA) is 55.9 Å². The molecule has 1 atom stereocenters. The van der Waals surface area contributed by atoms with Gasteiger partial charge in [0.1, 0.15) is 0 Å². The van der Waals surface area contributed by atoms with Gasteiger partial charge in [-0.2, -0.15) is 4.98 Å². The number of nitrogens with zero attached hydrogens (tertiary/aromatic N) is 3. The smallest absolute Gasteiger partial charge is 0.223 e. The van der Waals surface area contributed by atoms with E-state index in [0.29, 0.717) is 24.3 Å². The molecule has 0 amide bonds. The van der Waals surface area contributed by atoms with Gasteiger partial charge in [-0.05, 0) is 25.1 Å². The lowest BCUT2D eigenvalue weighted by molar-refractivity contribution is 0.386. The molecule has 0 fully saturated rings. The Morgan fingerprint density at radius 3 is 3.00 bits per heavy atom. The highest BCUT2D eigenvalue weighted by molar-refractivity contribution is 5.15. The third-order valence-electron chi connectivity index (χ3n) is 2.68. The van der Waals surface area contributed by atoms with E-state index in [1.807, 2.05) is 6.20 Å². The fraction of sp³-hybridized carbons (Fsp3) is 0.500. The van der Waals surface area contributed by atoms with Gasteiger partial charge in [-0.1, -0.05) is 12.1 Å². The SMILES string of the molecule is CCNC(C)c1ccn(Cc2noc(C)n2)c1. The third kappa shape index (κ3) is 2.94. The van der Waals surface area contributed by atoms with Crippen molar-refractivity contribution in [2.24, 2.45) is 0 Å². The molecule has 0 saturated heterocycles. The Labute approximate surface area is 101 Å². The minimum Gasteiger partial charge on any atom is -0.346 e. The molecule has 0 aliphatic carbocycles. The van der Waals surface area contributed by atoms with Crippen LogP contribution in [0.15, 0.2) is 23.0 Å². The molecule has 2 aromatic heterocycles. The van der Waals surface area contributed by atoms with Gasteiger partial charge in [-0.15, -0.1) is 0 Å². The largest absolute Gasteiger partial charge is 0.346 e. The van der Waals surface area contributed by atoms with Crippen LogP contribution in [-0.4, -0.2) is 21.3 Å². The van der Waals surface area contributed by atoms with Crippen molar-refractivity contribution in [1.82, 2.24) is 20.0 Å². The fourth-order valence-corrected chi connectivity index (χ4v) is 1.81.